The van der Waals surface area contributed by atoms with Crippen LogP contribution in [0, 0.1) is 0 Å². The molecule has 1 aromatic heterocycles. The van der Waals surface area contributed by atoms with Gasteiger partial charge in [-0.3, -0.25) is 0 Å². The fraction of sp³-hybridized carbons (Fsp3) is 0.357. The Morgan fingerprint density at radius 1 is 1.26 bits per heavy atom. The third kappa shape index (κ3) is 2.38. The molecule has 0 saturated carbocycles. The Labute approximate surface area is 110 Å². The molecule has 3 rings (SSSR count). The molecule has 1 aromatic carbocycles. The van der Waals surface area contributed by atoms with E-state index < -0.39 is 6.43 Å². The van der Waals surface area contributed by atoms with E-state index in [1.54, 1.807) is 4.57 Å². The number of rotatable bonds is 3. The second-order valence-corrected chi connectivity index (χ2v) is 4.62. The van der Waals surface area contributed by atoms with Crippen molar-refractivity contribution in [2.45, 2.75) is 25.9 Å². The van der Waals surface area contributed by atoms with Crippen LogP contribution in [-0.2, 0) is 19.5 Å². The maximum absolute atomic E-state index is 12.8. The zero-order valence-corrected chi connectivity index (χ0v) is 10.4. The summed E-state index contributed by atoms with van der Waals surface area (Å²) in [7, 11) is 0. The minimum Gasteiger partial charge on any atom is -0.322 e. The van der Waals surface area contributed by atoms with Gasteiger partial charge in [-0.15, -0.1) is 0 Å². The number of hydrogen-bond donors (Lipinski definition) is 1. The molecule has 2 aromatic rings. The zero-order valence-electron chi connectivity index (χ0n) is 10.4. The number of fused-ring (bicyclic) bond motifs is 1. The van der Waals surface area contributed by atoms with E-state index in [4.69, 9.17) is 0 Å². The normalized spacial score (nSPS) is 14.7. The molecule has 3 nitrogen and oxygen atoms in total. The molecule has 1 aliphatic heterocycles. The Bertz CT molecular complexity index is 564. The molecule has 1 N–H and O–H groups in total. The van der Waals surface area contributed by atoms with Crippen molar-refractivity contribution in [2.75, 3.05) is 6.54 Å². The van der Waals surface area contributed by atoms with Gasteiger partial charge >= 0.3 is 0 Å². The summed E-state index contributed by atoms with van der Waals surface area (Å²) < 4.78 is 27.3. The average molecular weight is 263 g/mol. The van der Waals surface area contributed by atoms with Crippen LogP contribution in [0.5, 0.6) is 0 Å². The summed E-state index contributed by atoms with van der Waals surface area (Å²) in [5.74, 6) is 0.648. The summed E-state index contributed by atoms with van der Waals surface area (Å²) in [4.78, 5) is 4.54. The Kier molecular flexibility index (Phi) is 3.29. The van der Waals surface area contributed by atoms with Gasteiger partial charge in [-0.1, -0.05) is 30.3 Å². The van der Waals surface area contributed by atoms with Crippen LogP contribution >= 0.6 is 0 Å². The molecule has 0 aliphatic carbocycles. The van der Waals surface area contributed by atoms with E-state index in [-0.39, 0.29) is 6.54 Å². The number of hydrogen-bond acceptors (Lipinski definition) is 2. The van der Waals surface area contributed by atoms with Crippen LogP contribution in [0.25, 0.3) is 11.4 Å². The number of halogens is 2. The molecule has 2 heterocycles. The molecular formula is C14H15F2N3. The summed E-state index contributed by atoms with van der Waals surface area (Å²) in [5.41, 5.74) is 2.72. The highest BCUT2D eigenvalue weighted by molar-refractivity contribution is 5.57. The number of benzene rings is 1. The standard InChI is InChI=1S/C14H15F2N3/c15-13(16)9-19-12-6-7-17-8-11(12)18-14(19)10-4-2-1-3-5-10/h1-5,13,17H,6-9H2. The lowest BCUT2D eigenvalue weighted by Gasteiger charge is -2.15. The predicted octanol–water partition coefficient (Wildman–Crippen LogP) is 2.46. The van der Waals surface area contributed by atoms with Crippen molar-refractivity contribution in [3.8, 4) is 11.4 Å². The van der Waals surface area contributed by atoms with Gasteiger partial charge < -0.3 is 9.88 Å². The first-order valence-electron chi connectivity index (χ1n) is 6.38. The lowest BCUT2D eigenvalue weighted by Crippen LogP contribution is -2.25. The number of aromatic nitrogens is 2. The van der Waals surface area contributed by atoms with Crippen molar-refractivity contribution in [3.63, 3.8) is 0 Å². The van der Waals surface area contributed by atoms with Crippen molar-refractivity contribution in [1.82, 2.24) is 14.9 Å². The molecule has 0 fully saturated rings. The van der Waals surface area contributed by atoms with Gasteiger partial charge in [0.05, 0.1) is 12.2 Å². The van der Waals surface area contributed by atoms with E-state index in [0.717, 1.165) is 29.9 Å². The summed E-state index contributed by atoms with van der Waals surface area (Å²) in [6, 6.07) is 9.51. The molecule has 0 amide bonds. The molecule has 19 heavy (non-hydrogen) atoms. The third-order valence-corrected chi connectivity index (χ3v) is 3.34. The minimum atomic E-state index is -2.37. The Hall–Kier alpha value is -1.75. The average Bonchev–Trinajstić information content (AvgIpc) is 2.78. The summed E-state index contributed by atoms with van der Waals surface area (Å²) >= 11 is 0. The highest BCUT2D eigenvalue weighted by Crippen LogP contribution is 2.25. The molecule has 5 heteroatoms. The molecule has 100 valence electrons. The lowest BCUT2D eigenvalue weighted by atomic mass is 10.2. The number of alkyl halides is 2. The molecular weight excluding hydrogens is 248 g/mol. The fourth-order valence-corrected chi connectivity index (χ4v) is 2.51. The van der Waals surface area contributed by atoms with E-state index in [1.807, 2.05) is 30.3 Å². The molecule has 0 atom stereocenters. The van der Waals surface area contributed by atoms with E-state index in [0.29, 0.717) is 12.4 Å². The van der Waals surface area contributed by atoms with Crippen LogP contribution in [-0.4, -0.2) is 22.5 Å². The molecule has 0 saturated heterocycles. The van der Waals surface area contributed by atoms with E-state index in [9.17, 15) is 8.78 Å². The van der Waals surface area contributed by atoms with Gasteiger partial charge in [-0.05, 0) is 0 Å². The fourth-order valence-electron chi connectivity index (χ4n) is 2.51. The Balaban J connectivity index is 2.10. The van der Waals surface area contributed by atoms with Crippen molar-refractivity contribution in [2.24, 2.45) is 0 Å². The van der Waals surface area contributed by atoms with Gasteiger partial charge in [0, 0.05) is 30.8 Å². The van der Waals surface area contributed by atoms with Crippen LogP contribution in [0.15, 0.2) is 30.3 Å². The SMILES string of the molecule is FC(F)Cn1c(-c2ccccc2)nc2c1CCNC2. The van der Waals surface area contributed by atoms with Crippen molar-refractivity contribution < 1.29 is 8.78 Å². The van der Waals surface area contributed by atoms with Crippen molar-refractivity contribution in [3.05, 3.63) is 41.7 Å². The summed E-state index contributed by atoms with van der Waals surface area (Å²) in [6.07, 6.45) is -1.61. The van der Waals surface area contributed by atoms with Crippen LogP contribution in [0.1, 0.15) is 11.4 Å². The van der Waals surface area contributed by atoms with E-state index in [1.165, 1.54) is 0 Å². The monoisotopic (exact) mass is 263 g/mol. The predicted molar refractivity (Wildman–Crippen MR) is 69.1 cm³/mol. The Morgan fingerprint density at radius 2 is 2.05 bits per heavy atom. The maximum atomic E-state index is 12.8. The van der Waals surface area contributed by atoms with E-state index >= 15 is 0 Å². The van der Waals surface area contributed by atoms with Gasteiger partial charge in [0.1, 0.15) is 5.82 Å². The largest absolute Gasteiger partial charge is 0.322 e. The molecule has 0 bridgehead atoms. The maximum Gasteiger partial charge on any atom is 0.256 e. The first-order valence-corrected chi connectivity index (χ1v) is 6.38. The second kappa shape index (κ2) is 5.09. The van der Waals surface area contributed by atoms with E-state index in [2.05, 4.69) is 10.3 Å². The second-order valence-electron chi connectivity index (χ2n) is 4.62. The van der Waals surface area contributed by atoms with Crippen LogP contribution < -0.4 is 5.32 Å². The van der Waals surface area contributed by atoms with Crippen LogP contribution in [0.4, 0.5) is 8.78 Å². The number of nitrogens with one attached hydrogen (secondary N) is 1. The number of nitrogens with zero attached hydrogens (tertiary/aromatic N) is 2. The molecule has 0 spiro atoms. The molecule has 0 unspecified atom stereocenters. The van der Waals surface area contributed by atoms with Gasteiger partial charge in [0.15, 0.2) is 0 Å². The molecule has 0 radical (unpaired) electrons. The highest BCUT2D eigenvalue weighted by Gasteiger charge is 2.22. The van der Waals surface area contributed by atoms with Crippen molar-refractivity contribution >= 4 is 0 Å². The van der Waals surface area contributed by atoms with Crippen molar-refractivity contribution in [1.29, 1.82) is 0 Å². The summed E-state index contributed by atoms with van der Waals surface area (Å²) in [5, 5.41) is 3.22. The number of imidazole rings is 1. The zero-order chi connectivity index (χ0) is 13.2. The van der Waals surface area contributed by atoms with Gasteiger partial charge in [-0.25, -0.2) is 13.8 Å². The highest BCUT2D eigenvalue weighted by atomic mass is 19.3. The quantitative estimate of drug-likeness (QED) is 0.922. The van der Waals surface area contributed by atoms with Crippen LogP contribution in [0.2, 0.25) is 0 Å². The minimum absolute atomic E-state index is 0.285. The third-order valence-electron chi connectivity index (χ3n) is 3.34. The molecule has 1 aliphatic rings. The van der Waals surface area contributed by atoms with Gasteiger partial charge in [0.25, 0.3) is 6.43 Å². The smallest absolute Gasteiger partial charge is 0.256 e. The first-order chi connectivity index (χ1) is 9.25. The first kappa shape index (κ1) is 12.3. The topological polar surface area (TPSA) is 29.9 Å². The van der Waals surface area contributed by atoms with Crippen LogP contribution in [0.3, 0.4) is 0 Å². The Morgan fingerprint density at radius 3 is 2.79 bits per heavy atom. The summed E-state index contributed by atoms with van der Waals surface area (Å²) in [6.45, 7) is 1.19. The lowest BCUT2D eigenvalue weighted by molar-refractivity contribution is 0.126. The van der Waals surface area contributed by atoms with Gasteiger partial charge in [0.2, 0.25) is 0 Å². The van der Waals surface area contributed by atoms with Gasteiger partial charge in [-0.2, -0.15) is 0 Å².